The van der Waals surface area contributed by atoms with Gasteiger partial charge in [-0.3, -0.25) is 4.79 Å². The number of nitrogens with one attached hydrogen (secondary N) is 1. The molecule has 0 saturated carbocycles. The maximum Gasteiger partial charge on any atom is 0.277 e. The Morgan fingerprint density at radius 3 is 2.50 bits per heavy atom. The van der Waals surface area contributed by atoms with Crippen LogP contribution in [-0.4, -0.2) is 35.6 Å². The van der Waals surface area contributed by atoms with E-state index in [-0.39, 0.29) is 22.8 Å². The van der Waals surface area contributed by atoms with Crippen molar-refractivity contribution in [3.05, 3.63) is 48.3 Å². The number of thioether (sulfide) groups is 1. The number of ether oxygens (including phenoxy) is 2. The topological polar surface area (TPSA) is 86.5 Å². The summed E-state index contributed by atoms with van der Waals surface area (Å²) in [5.41, 5.74) is 1.18. The van der Waals surface area contributed by atoms with Gasteiger partial charge in [-0.25, -0.2) is 4.39 Å². The molecule has 3 rings (SSSR count). The van der Waals surface area contributed by atoms with E-state index in [4.69, 9.17) is 13.9 Å². The number of hydrogen-bond donors (Lipinski definition) is 1. The van der Waals surface area contributed by atoms with E-state index in [1.165, 1.54) is 19.2 Å². The van der Waals surface area contributed by atoms with Crippen molar-refractivity contribution < 1.29 is 23.1 Å². The van der Waals surface area contributed by atoms with Crippen LogP contribution >= 0.6 is 11.8 Å². The predicted molar refractivity (Wildman–Crippen MR) is 103 cm³/mol. The third kappa shape index (κ3) is 4.61. The minimum Gasteiger partial charge on any atom is -0.493 e. The van der Waals surface area contributed by atoms with Gasteiger partial charge in [-0.15, -0.1) is 10.2 Å². The smallest absolute Gasteiger partial charge is 0.277 e. The molecule has 0 saturated heterocycles. The van der Waals surface area contributed by atoms with E-state index in [2.05, 4.69) is 15.5 Å². The number of nitrogens with zero attached hydrogens (tertiary/aromatic N) is 2. The third-order valence-electron chi connectivity index (χ3n) is 3.80. The molecule has 146 valence electrons. The highest BCUT2D eigenvalue weighted by atomic mass is 32.2. The lowest BCUT2D eigenvalue weighted by molar-refractivity contribution is -0.115. The Balaban J connectivity index is 1.64. The molecule has 0 radical (unpaired) electrons. The number of carbonyl (C=O) groups is 1. The summed E-state index contributed by atoms with van der Waals surface area (Å²) in [6.07, 6.45) is 0. The van der Waals surface area contributed by atoms with Crippen molar-refractivity contribution in [1.82, 2.24) is 10.2 Å². The monoisotopic (exact) mass is 403 g/mol. The summed E-state index contributed by atoms with van der Waals surface area (Å²) in [4.78, 5) is 12.4. The van der Waals surface area contributed by atoms with Gasteiger partial charge >= 0.3 is 0 Å². The molecule has 1 heterocycles. The molecule has 2 aromatic carbocycles. The first-order valence-electron chi connectivity index (χ1n) is 8.29. The normalized spacial score (nSPS) is 11.7. The van der Waals surface area contributed by atoms with Gasteiger partial charge in [0.05, 0.1) is 19.5 Å². The summed E-state index contributed by atoms with van der Waals surface area (Å²) < 4.78 is 29.0. The van der Waals surface area contributed by atoms with Gasteiger partial charge in [0.2, 0.25) is 11.8 Å². The number of hydrogen-bond acceptors (Lipinski definition) is 7. The number of methoxy groups -OCH3 is 2. The fourth-order valence-electron chi connectivity index (χ4n) is 2.33. The van der Waals surface area contributed by atoms with Gasteiger partial charge in [0.1, 0.15) is 5.82 Å². The zero-order valence-electron chi connectivity index (χ0n) is 15.4. The van der Waals surface area contributed by atoms with Gasteiger partial charge < -0.3 is 19.2 Å². The van der Waals surface area contributed by atoms with E-state index in [1.807, 2.05) is 0 Å². The molecule has 3 aromatic rings. The number of benzene rings is 2. The molecule has 1 atom stereocenters. The molecule has 0 spiro atoms. The molecule has 9 heteroatoms. The zero-order chi connectivity index (χ0) is 20.1. The maximum absolute atomic E-state index is 13.0. The molecule has 0 fully saturated rings. The van der Waals surface area contributed by atoms with Crippen LogP contribution in [0.3, 0.4) is 0 Å². The van der Waals surface area contributed by atoms with Crippen LogP contribution in [0.15, 0.2) is 52.1 Å². The Morgan fingerprint density at radius 2 is 1.82 bits per heavy atom. The molecule has 1 N–H and O–H groups in total. The Bertz CT molecular complexity index is 962. The highest BCUT2D eigenvalue weighted by Gasteiger charge is 2.19. The van der Waals surface area contributed by atoms with Crippen LogP contribution in [0.5, 0.6) is 11.5 Å². The van der Waals surface area contributed by atoms with Crippen LogP contribution in [0, 0.1) is 5.82 Å². The van der Waals surface area contributed by atoms with E-state index < -0.39 is 5.25 Å². The maximum atomic E-state index is 13.0. The largest absolute Gasteiger partial charge is 0.493 e. The molecule has 0 bridgehead atoms. The first-order valence-corrected chi connectivity index (χ1v) is 9.17. The molecular weight excluding hydrogens is 385 g/mol. The van der Waals surface area contributed by atoms with E-state index in [1.54, 1.807) is 44.4 Å². The van der Waals surface area contributed by atoms with Gasteiger partial charge in [-0.1, -0.05) is 11.8 Å². The molecule has 0 unspecified atom stereocenters. The van der Waals surface area contributed by atoms with Gasteiger partial charge in [-0.2, -0.15) is 0 Å². The predicted octanol–water partition coefficient (Wildman–Crippen LogP) is 4.01. The molecule has 0 aliphatic rings. The van der Waals surface area contributed by atoms with E-state index in [0.717, 1.165) is 11.8 Å². The average molecular weight is 403 g/mol. The van der Waals surface area contributed by atoms with Crippen LogP contribution in [0.25, 0.3) is 11.5 Å². The van der Waals surface area contributed by atoms with Gasteiger partial charge in [0.25, 0.3) is 5.22 Å². The first kappa shape index (κ1) is 19.7. The lowest BCUT2D eigenvalue weighted by Crippen LogP contribution is -2.22. The Kier molecular flexibility index (Phi) is 6.15. The van der Waals surface area contributed by atoms with Crippen molar-refractivity contribution in [2.24, 2.45) is 0 Å². The summed E-state index contributed by atoms with van der Waals surface area (Å²) in [6, 6.07) is 10.8. The molecular formula is C19H18FN3O4S. The molecule has 1 amide bonds. The Labute approximate surface area is 165 Å². The SMILES string of the molecule is COc1ccc(NC(=O)[C@H](C)Sc2nnc(-c3ccc(F)cc3)o2)cc1OC. The fraction of sp³-hybridized carbons (Fsp3) is 0.211. The molecule has 28 heavy (non-hydrogen) atoms. The molecule has 1 aromatic heterocycles. The lowest BCUT2D eigenvalue weighted by atomic mass is 10.2. The van der Waals surface area contributed by atoms with Crippen molar-refractivity contribution in [2.45, 2.75) is 17.4 Å². The van der Waals surface area contributed by atoms with Crippen LogP contribution in [-0.2, 0) is 4.79 Å². The molecule has 7 nitrogen and oxygen atoms in total. The standard InChI is InChI=1S/C19H18FN3O4S/c1-11(17(24)21-14-8-9-15(25-2)16(10-14)26-3)28-19-23-22-18(27-19)12-4-6-13(20)7-5-12/h4-11H,1-3H3,(H,21,24)/t11-/m0/s1. The van der Waals surface area contributed by atoms with Crippen LogP contribution in [0.4, 0.5) is 10.1 Å². The van der Waals surface area contributed by atoms with E-state index >= 15 is 0 Å². The summed E-state index contributed by atoms with van der Waals surface area (Å²) in [5.74, 6) is 0.760. The van der Waals surface area contributed by atoms with Gasteiger partial charge in [0.15, 0.2) is 11.5 Å². The molecule has 0 aliphatic carbocycles. The van der Waals surface area contributed by atoms with Crippen molar-refractivity contribution in [2.75, 3.05) is 19.5 Å². The van der Waals surface area contributed by atoms with Gasteiger partial charge in [-0.05, 0) is 43.3 Å². The quantitative estimate of drug-likeness (QED) is 0.597. The minimum absolute atomic E-state index is 0.237. The fourth-order valence-corrected chi connectivity index (χ4v) is 3.01. The second-order valence-corrected chi connectivity index (χ2v) is 6.99. The third-order valence-corrected chi connectivity index (χ3v) is 4.73. The summed E-state index contributed by atoms with van der Waals surface area (Å²) in [7, 11) is 3.07. The number of amides is 1. The highest BCUT2D eigenvalue weighted by molar-refractivity contribution is 8.00. The van der Waals surface area contributed by atoms with E-state index in [0.29, 0.717) is 22.7 Å². The van der Waals surface area contributed by atoms with Crippen molar-refractivity contribution in [1.29, 1.82) is 0 Å². The molecule has 0 aliphatic heterocycles. The van der Waals surface area contributed by atoms with Crippen LogP contribution in [0.2, 0.25) is 0 Å². The Morgan fingerprint density at radius 1 is 1.11 bits per heavy atom. The first-order chi connectivity index (χ1) is 13.5. The number of rotatable bonds is 7. The number of aromatic nitrogens is 2. The Hall–Kier alpha value is -3.07. The number of anilines is 1. The summed E-state index contributed by atoms with van der Waals surface area (Å²) in [6.45, 7) is 1.72. The van der Waals surface area contributed by atoms with Crippen molar-refractivity contribution >= 4 is 23.4 Å². The van der Waals surface area contributed by atoms with Crippen molar-refractivity contribution in [3.8, 4) is 23.0 Å². The number of carbonyl (C=O) groups excluding carboxylic acids is 1. The average Bonchev–Trinajstić information content (AvgIpc) is 3.16. The van der Waals surface area contributed by atoms with E-state index in [9.17, 15) is 9.18 Å². The van der Waals surface area contributed by atoms with Crippen molar-refractivity contribution in [3.63, 3.8) is 0 Å². The van der Waals surface area contributed by atoms with Gasteiger partial charge in [0, 0.05) is 17.3 Å². The van der Waals surface area contributed by atoms with Crippen LogP contribution < -0.4 is 14.8 Å². The highest BCUT2D eigenvalue weighted by Crippen LogP contribution is 2.31. The summed E-state index contributed by atoms with van der Waals surface area (Å²) in [5, 5.41) is 10.4. The lowest BCUT2D eigenvalue weighted by Gasteiger charge is -2.12. The number of halogens is 1. The minimum atomic E-state index is -0.491. The zero-order valence-corrected chi connectivity index (χ0v) is 16.2. The van der Waals surface area contributed by atoms with Crippen LogP contribution in [0.1, 0.15) is 6.92 Å². The second-order valence-electron chi connectivity index (χ2n) is 5.70. The summed E-state index contributed by atoms with van der Waals surface area (Å²) >= 11 is 1.12. The second kappa shape index (κ2) is 8.75.